The van der Waals surface area contributed by atoms with Crippen molar-refractivity contribution in [1.82, 2.24) is 9.97 Å². The van der Waals surface area contributed by atoms with Gasteiger partial charge in [-0.25, -0.2) is 9.97 Å². The molecule has 0 fully saturated rings. The summed E-state index contributed by atoms with van der Waals surface area (Å²) in [5, 5.41) is 6.01. The first-order chi connectivity index (χ1) is 9.22. The molecule has 6 heteroatoms. The predicted octanol–water partition coefficient (Wildman–Crippen LogP) is 1.17. The number of fused-ring (bicyclic) bond motifs is 1. The van der Waals surface area contributed by atoms with Gasteiger partial charge in [0, 0.05) is 11.9 Å². The SMILES string of the molecule is Nc1cc2c(cc1NCc1ccncn1)NC(=O)C2. The molecule has 0 radical (unpaired) electrons. The Bertz CT molecular complexity index is 626. The van der Waals surface area contributed by atoms with E-state index in [-0.39, 0.29) is 5.91 Å². The van der Waals surface area contributed by atoms with Gasteiger partial charge in [0.2, 0.25) is 5.91 Å². The Morgan fingerprint density at radius 2 is 2.32 bits per heavy atom. The van der Waals surface area contributed by atoms with Crippen LogP contribution in [-0.2, 0) is 17.8 Å². The number of hydrogen-bond acceptors (Lipinski definition) is 5. The molecule has 0 aliphatic carbocycles. The van der Waals surface area contributed by atoms with Crippen molar-refractivity contribution in [2.45, 2.75) is 13.0 Å². The molecule has 1 aromatic carbocycles. The summed E-state index contributed by atoms with van der Waals surface area (Å²) in [5.41, 5.74) is 10.0. The molecule has 0 bridgehead atoms. The summed E-state index contributed by atoms with van der Waals surface area (Å²) < 4.78 is 0. The summed E-state index contributed by atoms with van der Waals surface area (Å²) in [7, 11) is 0. The number of nitrogens with zero attached hydrogens (tertiary/aromatic N) is 2. The Hall–Kier alpha value is -2.63. The highest BCUT2D eigenvalue weighted by molar-refractivity contribution is 6.00. The molecule has 0 saturated heterocycles. The number of nitrogens with one attached hydrogen (secondary N) is 2. The van der Waals surface area contributed by atoms with Gasteiger partial charge in [-0.15, -0.1) is 0 Å². The molecule has 0 spiro atoms. The number of nitrogen functional groups attached to an aromatic ring is 1. The summed E-state index contributed by atoms with van der Waals surface area (Å²) >= 11 is 0. The fraction of sp³-hybridized carbons (Fsp3) is 0.154. The predicted molar refractivity (Wildman–Crippen MR) is 72.5 cm³/mol. The maximum atomic E-state index is 11.3. The second-order valence-corrected chi connectivity index (χ2v) is 4.38. The lowest BCUT2D eigenvalue weighted by atomic mass is 10.1. The second kappa shape index (κ2) is 4.56. The van der Waals surface area contributed by atoms with Crippen molar-refractivity contribution in [3.8, 4) is 0 Å². The van der Waals surface area contributed by atoms with Crippen molar-refractivity contribution in [3.05, 3.63) is 42.0 Å². The van der Waals surface area contributed by atoms with E-state index in [1.807, 2.05) is 18.2 Å². The first kappa shape index (κ1) is 11.5. The Morgan fingerprint density at radius 3 is 3.11 bits per heavy atom. The number of aromatic nitrogens is 2. The summed E-state index contributed by atoms with van der Waals surface area (Å²) in [6, 6.07) is 5.52. The lowest BCUT2D eigenvalue weighted by Gasteiger charge is -2.11. The molecule has 0 saturated carbocycles. The van der Waals surface area contributed by atoms with Crippen molar-refractivity contribution in [2.75, 3.05) is 16.4 Å². The van der Waals surface area contributed by atoms with Crippen LogP contribution in [0.15, 0.2) is 30.7 Å². The zero-order chi connectivity index (χ0) is 13.2. The quantitative estimate of drug-likeness (QED) is 0.716. The third kappa shape index (κ3) is 2.33. The molecular weight excluding hydrogens is 242 g/mol. The minimum Gasteiger partial charge on any atom is -0.397 e. The van der Waals surface area contributed by atoms with Gasteiger partial charge >= 0.3 is 0 Å². The largest absolute Gasteiger partial charge is 0.397 e. The van der Waals surface area contributed by atoms with Crippen LogP contribution in [0.5, 0.6) is 0 Å². The molecule has 96 valence electrons. The molecule has 4 N–H and O–H groups in total. The van der Waals surface area contributed by atoms with Gasteiger partial charge in [0.15, 0.2) is 0 Å². The Labute approximate surface area is 110 Å². The maximum Gasteiger partial charge on any atom is 0.228 e. The van der Waals surface area contributed by atoms with Crippen LogP contribution >= 0.6 is 0 Å². The molecule has 1 aromatic heterocycles. The van der Waals surface area contributed by atoms with E-state index in [2.05, 4.69) is 20.6 Å². The van der Waals surface area contributed by atoms with E-state index in [1.165, 1.54) is 6.33 Å². The van der Waals surface area contributed by atoms with Crippen LogP contribution in [0.2, 0.25) is 0 Å². The fourth-order valence-electron chi connectivity index (χ4n) is 2.06. The number of anilines is 3. The lowest BCUT2D eigenvalue weighted by molar-refractivity contribution is -0.115. The second-order valence-electron chi connectivity index (χ2n) is 4.38. The number of nitrogens with two attached hydrogens (primary N) is 1. The number of carbonyl (C=O) groups is 1. The number of hydrogen-bond donors (Lipinski definition) is 3. The molecule has 3 rings (SSSR count). The van der Waals surface area contributed by atoms with Crippen LogP contribution in [0.1, 0.15) is 11.3 Å². The summed E-state index contributed by atoms with van der Waals surface area (Å²) in [4.78, 5) is 19.3. The van der Waals surface area contributed by atoms with Crippen molar-refractivity contribution < 1.29 is 4.79 Å². The van der Waals surface area contributed by atoms with Gasteiger partial charge in [0.25, 0.3) is 0 Å². The normalized spacial score (nSPS) is 12.9. The van der Waals surface area contributed by atoms with E-state index in [0.29, 0.717) is 18.7 Å². The van der Waals surface area contributed by atoms with Gasteiger partial charge in [-0.2, -0.15) is 0 Å². The van der Waals surface area contributed by atoms with Gasteiger partial charge in [-0.1, -0.05) is 0 Å². The Morgan fingerprint density at radius 1 is 1.42 bits per heavy atom. The van der Waals surface area contributed by atoms with Crippen LogP contribution in [0.4, 0.5) is 17.1 Å². The van der Waals surface area contributed by atoms with E-state index < -0.39 is 0 Å². The van der Waals surface area contributed by atoms with Gasteiger partial charge in [-0.3, -0.25) is 4.79 Å². The lowest BCUT2D eigenvalue weighted by Crippen LogP contribution is -2.05. The smallest absolute Gasteiger partial charge is 0.228 e. The van der Waals surface area contributed by atoms with Gasteiger partial charge in [0.1, 0.15) is 6.33 Å². The topological polar surface area (TPSA) is 92.9 Å². The third-order valence-electron chi connectivity index (χ3n) is 3.00. The highest BCUT2D eigenvalue weighted by Gasteiger charge is 2.19. The van der Waals surface area contributed by atoms with E-state index >= 15 is 0 Å². The maximum absolute atomic E-state index is 11.3. The molecule has 2 aromatic rings. The molecule has 1 aliphatic heterocycles. The Balaban J connectivity index is 1.79. The molecule has 1 amide bonds. The van der Waals surface area contributed by atoms with E-state index in [0.717, 1.165) is 22.6 Å². The first-order valence-corrected chi connectivity index (χ1v) is 5.93. The number of rotatable bonds is 3. The van der Waals surface area contributed by atoms with Crippen LogP contribution in [0.25, 0.3) is 0 Å². The first-order valence-electron chi connectivity index (χ1n) is 5.93. The van der Waals surface area contributed by atoms with Crippen LogP contribution in [0.3, 0.4) is 0 Å². The number of carbonyl (C=O) groups excluding carboxylic acids is 1. The van der Waals surface area contributed by atoms with Gasteiger partial charge < -0.3 is 16.4 Å². The van der Waals surface area contributed by atoms with E-state index in [4.69, 9.17) is 5.73 Å². The third-order valence-corrected chi connectivity index (χ3v) is 3.00. The molecular formula is C13H13N5O. The molecule has 6 nitrogen and oxygen atoms in total. The van der Waals surface area contributed by atoms with Crippen LogP contribution in [-0.4, -0.2) is 15.9 Å². The minimum absolute atomic E-state index is 0.00218. The monoisotopic (exact) mass is 255 g/mol. The van der Waals surface area contributed by atoms with Crippen molar-refractivity contribution >= 4 is 23.0 Å². The molecule has 2 heterocycles. The van der Waals surface area contributed by atoms with Crippen molar-refractivity contribution in [3.63, 3.8) is 0 Å². The average Bonchev–Trinajstić information content (AvgIpc) is 2.76. The molecule has 1 aliphatic rings. The van der Waals surface area contributed by atoms with Crippen LogP contribution in [0, 0.1) is 0 Å². The number of benzene rings is 1. The molecule has 0 unspecified atom stereocenters. The highest BCUT2D eigenvalue weighted by Crippen LogP contribution is 2.31. The van der Waals surface area contributed by atoms with Gasteiger partial charge in [-0.05, 0) is 23.8 Å². The molecule has 0 atom stereocenters. The standard InChI is InChI=1S/C13H13N5O/c14-10-3-8-4-13(19)18-11(8)5-12(10)16-6-9-1-2-15-7-17-9/h1-3,5,7,16H,4,6,14H2,(H,18,19). The van der Waals surface area contributed by atoms with Crippen molar-refractivity contribution in [2.24, 2.45) is 0 Å². The summed E-state index contributed by atoms with van der Waals surface area (Å²) in [6.07, 6.45) is 3.59. The van der Waals surface area contributed by atoms with Crippen molar-refractivity contribution in [1.29, 1.82) is 0 Å². The number of amides is 1. The highest BCUT2D eigenvalue weighted by atomic mass is 16.1. The zero-order valence-electron chi connectivity index (χ0n) is 10.2. The summed E-state index contributed by atoms with van der Waals surface area (Å²) in [5.74, 6) is 0.00218. The fourth-order valence-corrected chi connectivity index (χ4v) is 2.06. The minimum atomic E-state index is 0.00218. The average molecular weight is 255 g/mol. The van der Waals surface area contributed by atoms with E-state index in [9.17, 15) is 4.79 Å². The van der Waals surface area contributed by atoms with Crippen LogP contribution < -0.4 is 16.4 Å². The van der Waals surface area contributed by atoms with Gasteiger partial charge in [0.05, 0.1) is 30.0 Å². The zero-order valence-corrected chi connectivity index (χ0v) is 10.2. The van der Waals surface area contributed by atoms with E-state index in [1.54, 1.807) is 6.20 Å². The molecule has 19 heavy (non-hydrogen) atoms. The Kier molecular flexibility index (Phi) is 2.75. The summed E-state index contributed by atoms with van der Waals surface area (Å²) in [6.45, 7) is 0.555.